The molecule has 7 heteroatoms. The first-order valence-corrected chi connectivity index (χ1v) is 9.31. The lowest BCUT2D eigenvalue weighted by atomic mass is 10.1. The number of hydrogen-bond donors (Lipinski definition) is 3. The summed E-state index contributed by atoms with van der Waals surface area (Å²) in [5, 5.41) is 3.29. The van der Waals surface area contributed by atoms with Gasteiger partial charge in [0.2, 0.25) is 11.9 Å². The number of nitrogens with two attached hydrogens (primary N) is 1. The van der Waals surface area contributed by atoms with Crippen molar-refractivity contribution in [3.8, 4) is 0 Å². The van der Waals surface area contributed by atoms with E-state index in [1.165, 1.54) is 24.8 Å². The summed E-state index contributed by atoms with van der Waals surface area (Å²) in [6, 6.07) is 8.15. The van der Waals surface area contributed by atoms with Crippen LogP contribution in [-0.2, 0) is 0 Å². The molecule has 0 spiro atoms. The predicted octanol–water partition coefficient (Wildman–Crippen LogP) is 4.00. The van der Waals surface area contributed by atoms with Crippen LogP contribution in [0.2, 0.25) is 0 Å². The third-order valence-corrected chi connectivity index (χ3v) is 4.29. The van der Waals surface area contributed by atoms with E-state index in [0.717, 1.165) is 30.1 Å². The maximum Gasteiger partial charge on any atom is 0.224 e. The second kappa shape index (κ2) is 8.03. The smallest absolute Gasteiger partial charge is 0.224 e. The highest BCUT2D eigenvalue weighted by atomic mass is 15.3. The van der Waals surface area contributed by atoms with Gasteiger partial charge in [-0.3, -0.25) is 0 Å². The van der Waals surface area contributed by atoms with E-state index < -0.39 is 0 Å². The van der Waals surface area contributed by atoms with E-state index in [2.05, 4.69) is 49.2 Å². The molecule has 3 heterocycles. The Morgan fingerprint density at radius 3 is 2.58 bits per heavy atom. The summed E-state index contributed by atoms with van der Waals surface area (Å²) in [6.07, 6.45) is 3.62. The van der Waals surface area contributed by atoms with Crippen molar-refractivity contribution in [1.29, 1.82) is 0 Å². The normalized spacial score (nSPS) is 14.0. The van der Waals surface area contributed by atoms with Crippen molar-refractivity contribution in [1.82, 2.24) is 19.9 Å². The van der Waals surface area contributed by atoms with Gasteiger partial charge in [0.25, 0.3) is 0 Å². The van der Waals surface area contributed by atoms with Gasteiger partial charge in [-0.05, 0) is 43.9 Å². The molecule has 0 unspecified atom stereocenters. The maximum absolute atomic E-state index is 5.89. The zero-order valence-corrected chi connectivity index (χ0v) is 15.7. The van der Waals surface area contributed by atoms with Crippen LogP contribution in [0.5, 0.6) is 0 Å². The SMILES string of the molecule is CC.Cc1cccc(Nc2nc3nc(N)nc(N4CCCCC4)c3[nH]2)c1. The molecule has 138 valence electrons. The minimum atomic E-state index is 0.261. The van der Waals surface area contributed by atoms with Crippen LogP contribution in [0.25, 0.3) is 11.2 Å². The Hall–Kier alpha value is -2.83. The molecule has 0 saturated carbocycles. The zero-order valence-electron chi connectivity index (χ0n) is 15.7. The van der Waals surface area contributed by atoms with Crippen molar-refractivity contribution in [3.05, 3.63) is 29.8 Å². The van der Waals surface area contributed by atoms with Gasteiger partial charge in [-0.1, -0.05) is 26.0 Å². The molecule has 0 radical (unpaired) electrons. The first-order valence-electron chi connectivity index (χ1n) is 9.31. The predicted molar refractivity (Wildman–Crippen MR) is 108 cm³/mol. The number of hydrogen-bond acceptors (Lipinski definition) is 6. The van der Waals surface area contributed by atoms with Crippen LogP contribution in [0, 0.1) is 6.92 Å². The number of anilines is 4. The first-order chi connectivity index (χ1) is 12.7. The van der Waals surface area contributed by atoms with Gasteiger partial charge in [0.05, 0.1) is 0 Å². The van der Waals surface area contributed by atoms with Crippen LogP contribution >= 0.6 is 0 Å². The van der Waals surface area contributed by atoms with E-state index in [1.807, 2.05) is 26.0 Å². The van der Waals surface area contributed by atoms with Crippen LogP contribution in [0.3, 0.4) is 0 Å². The number of piperidine rings is 1. The van der Waals surface area contributed by atoms with Crippen molar-refractivity contribution in [2.24, 2.45) is 0 Å². The largest absolute Gasteiger partial charge is 0.368 e. The fourth-order valence-electron chi connectivity index (χ4n) is 3.15. The quantitative estimate of drug-likeness (QED) is 0.658. The third-order valence-electron chi connectivity index (χ3n) is 4.29. The minimum absolute atomic E-state index is 0.261. The summed E-state index contributed by atoms with van der Waals surface area (Å²) in [4.78, 5) is 18.8. The van der Waals surface area contributed by atoms with E-state index in [1.54, 1.807) is 0 Å². The number of nitrogens with zero attached hydrogens (tertiary/aromatic N) is 4. The molecule has 0 aliphatic carbocycles. The highest BCUT2D eigenvalue weighted by Crippen LogP contribution is 2.27. The van der Waals surface area contributed by atoms with Gasteiger partial charge in [0, 0.05) is 18.8 Å². The van der Waals surface area contributed by atoms with Crippen molar-refractivity contribution in [3.63, 3.8) is 0 Å². The molecule has 0 bridgehead atoms. The molecule has 2 aromatic heterocycles. The van der Waals surface area contributed by atoms with Crippen molar-refractivity contribution < 1.29 is 0 Å². The highest BCUT2D eigenvalue weighted by molar-refractivity contribution is 5.86. The molecule has 26 heavy (non-hydrogen) atoms. The van der Waals surface area contributed by atoms with Crippen LogP contribution in [0.15, 0.2) is 24.3 Å². The molecule has 0 amide bonds. The molecule has 3 aromatic rings. The van der Waals surface area contributed by atoms with E-state index >= 15 is 0 Å². The summed E-state index contributed by atoms with van der Waals surface area (Å²) in [5.41, 5.74) is 9.49. The van der Waals surface area contributed by atoms with Gasteiger partial charge in [0.1, 0.15) is 5.52 Å². The first kappa shape index (κ1) is 18.0. The summed E-state index contributed by atoms with van der Waals surface area (Å²) >= 11 is 0. The van der Waals surface area contributed by atoms with E-state index in [9.17, 15) is 0 Å². The maximum atomic E-state index is 5.89. The Morgan fingerprint density at radius 1 is 1.08 bits per heavy atom. The average Bonchev–Trinajstić information content (AvgIpc) is 3.05. The molecule has 4 N–H and O–H groups in total. The lowest BCUT2D eigenvalue weighted by molar-refractivity contribution is 0.574. The van der Waals surface area contributed by atoms with Crippen LogP contribution < -0.4 is 16.0 Å². The number of nitrogen functional groups attached to an aromatic ring is 1. The summed E-state index contributed by atoms with van der Waals surface area (Å²) in [5.74, 6) is 1.76. The number of fused-ring (bicyclic) bond motifs is 1. The number of aromatic amines is 1. The number of aryl methyl sites for hydroxylation is 1. The molecule has 1 saturated heterocycles. The number of benzene rings is 1. The van der Waals surface area contributed by atoms with Crippen molar-refractivity contribution in [2.45, 2.75) is 40.0 Å². The number of H-pyrrole nitrogens is 1. The second-order valence-electron chi connectivity index (χ2n) is 6.23. The minimum Gasteiger partial charge on any atom is -0.368 e. The summed E-state index contributed by atoms with van der Waals surface area (Å²) in [7, 11) is 0. The lowest BCUT2D eigenvalue weighted by Crippen LogP contribution is -2.30. The summed E-state index contributed by atoms with van der Waals surface area (Å²) in [6.45, 7) is 8.04. The van der Waals surface area contributed by atoms with Gasteiger partial charge >= 0.3 is 0 Å². The highest BCUT2D eigenvalue weighted by Gasteiger charge is 2.19. The molecular formula is C19H27N7. The zero-order chi connectivity index (χ0) is 18.5. The fraction of sp³-hybridized carbons (Fsp3) is 0.421. The third kappa shape index (κ3) is 3.87. The molecule has 1 aliphatic rings. The monoisotopic (exact) mass is 353 g/mol. The molecule has 1 aromatic carbocycles. The van der Waals surface area contributed by atoms with Gasteiger partial charge in [-0.15, -0.1) is 0 Å². The molecule has 7 nitrogen and oxygen atoms in total. The van der Waals surface area contributed by atoms with Crippen LogP contribution in [-0.4, -0.2) is 33.0 Å². The van der Waals surface area contributed by atoms with Gasteiger partial charge in [0.15, 0.2) is 11.5 Å². The van der Waals surface area contributed by atoms with E-state index in [0.29, 0.717) is 11.6 Å². The number of aromatic nitrogens is 4. The Bertz CT molecular complexity index is 865. The van der Waals surface area contributed by atoms with Gasteiger partial charge < -0.3 is 20.9 Å². The number of imidazole rings is 1. The Balaban J connectivity index is 0.000000948. The van der Waals surface area contributed by atoms with E-state index in [-0.39, 0.29) is 5.95 Å². The number of rotatable bonds is 3. The van der Waals surface area contributed by atoms with E-state index in [4.69, 9.17) is 5.73 Å². The molecule has 0 atom stereocenters. The number of nitrogens with one attached hydrogen (secondary N) is 2. The average molecular weight is 353 g/mol. The van der Waals surface area contributed by atoms with Gasteiger partial charge in [-0.25, -0.2) is 0 Å². The summed E-state index contributed by atoms with van der Waals surface area (Å²) < 4.78 is 0. The molecule has 1 aliphatic heterocycles. The van der Waals surface area contributed by atoms with Gasteiger partial charge in [-0.2, -0.15) is 15.0 Å². The fourth-order valence-corrected chi connectivity index (χ4v) is 3.15. The Morgan fingerprint density at radius 2 is 1.85 bits per heavy atom. The van der Waals surface area contributed by atoms with Crippen LogP contribution in [0.1, 0.15) is 38.7 Å². The lowest BCUT2D eigenvalue weighted by Gasteiger charge is -2.27. The Labute approximate surface area is 154 Å². The molecular weight excluding hydrogens is 326 g/mol. The molecule has 4 rings (SSSR count). The van der Waals surface area contributed by atoms with Crippen molar-refractivity contribution >= 4 is 34.6 Å². The van der Waals surface area contributed by atoms with Crippen LogP contribution in [0.4, 0.5) is 23.4 Å². The Kier molecular flexibility index (Phi) is 5.55. The standard InChI is InChI=1S/C17H21N7.C2H6/c1-11-6-5-7-12(10-11)19-17-20-13-14(22-17)21-16(18)23-15(13)24-8-3-2-4-9-24;1-2/h5-7,10H,2-4,8-9H2,1H3,(H4,18,19,20,21,22,23);1-2H3. The second-order valence-corrected chi connectivity index (χ2v) is 6.23. The topological polar surface area (TPSA) is 95.8 Å². The molecule has 1 fully saturated rings. The van der Waals surface area contributed by atoms with Crippen molar-refractivity contribution in [2.75, 3.05) is 29.0 Å².